The molecule has 0 saturated carbocycles. The van der Waals surface area contributed by atoms with E-state index in [4.69, 9.17) is 38.3 Å². The molecule has 356 valence electrons. The first-order valence-electron chi connectivity index (χ1n) is 23.2. The number of aliphatic imine (C=N–C) groups is 1. The van der Waals surface area contributed by atoms with Gasteiger partial charge >= 0.3 is 12.1 Å². The molecule has 2 amide bonds. The summed E-state index contributed by atoms with van der Waals surface area (Å²) in [7, 11) is 3.84. The van der Waals surface area contributed by atoms with E-state index in [0.29, 0.717) is 43.8 Å². The second kappa shape index (κ2) is 20.2. The number of hydrogen-bond acceptors (Lipinski definition) is 14. The lowest BCUT2D eigenvalue weighted by atomic mass is 9.72. The van der Waals surface area contributed by atoms with Gasteiger partial charge in [-0.1, -0.05) is 75.3 Å². The first kappa shape index (κ1) is 48.5. The number of esters is 1. The number of cyclic esters (lactones) is 1. The number of ether oxygens (including phenoxy) is 6. The standard InChI is InChI=1S/C49H69N5O11/c1-11-38-49(8)43-30(4)40(50-20-21-54(43)47(58)65-49)28(2)24-48(7)44(64-46-41(56)37(53(9)10)22-29(3)62-46)31(5)42(32(6)45(57)63-38)59-25-36(26-60-48)52-61-27-39(55)51-35-19-15-18-34(23-35)33-16-13-12-14-17-33/h12-19,23,28-32,37-38,41-44,46,56H,11,20-22,24-27H2,1-10H3,(H,51,55)/t28-,29+,30+,31+,32+,37-,38-,41+,42+,43-,44-,46-,48-,49-/m1/s1. The average Bonchev–Trinajstić information content (AvgIpc) is 3.42. The van der Waals surface area contributed by atoms with Crippen LogP contribution in [0.3, 0.4) is 0 Å². The third kappa shape index (κ3) is 10.3. The van der Waals surface area contributed by atoms with Gasteiger partial charge in [0.25, 0.3) is 5.91 Å². The van der Waals surface area contributed by atoms with Crippen LogP contribution < -0.4 is 5.32 Å². The van der Waals surface area contributed by atoms with Crippen LogP contribution in [0.1, 0.15) is 74.7 Å². The number of nitrogens with zero attached hydrogens (tertiary/aromatic N) is 4. The van der Waals surface area contributed by atoms with Gasteiger partial charge in [0.15, 0.2) is 18.5 Å². The molecule has 4 bridgehead atoms. The van der Waals surface area contributed by atoms with Crippen molar-refractivity contribution in [1.29, 1.82) is 0 Å². The van der Waals surface area contributed by atoms with Crippen LogP contribution in [-0.4, -0.2) is 151 Å². The Bertz CT molecular complexity index is 2070. The lowest BCUT2D eigenvalue weighted by molar-refractivity contribution is -0.302. The largest absolute Gasteiger partial charge is 0.458 e. The van der Waals surface area contributed by atoms with Gasteiger partial charge in [-0.15, -0.1) is 0 Å². The maximum atomic E-state index is 14.6. The van der Waals surface area contributed by atoms with Gasteiger partial charge in [-0.05, 0) is 90.2 Å². The van der Waals surface area contributed by atoms with E-state index < -0.39 is 77.8 Å². The number of amides is 2. The molecule has 5 heterocycles. The van der Waals surface area contributed by atoms with Crippen molar-refractivity contribution in [2.24, 2.45) is 33.8 Å². The van der Waals surface area contributed by atoms with E-state index in [9.17, 15) is 19.5 Å². The minimum absolute atomic E-state index is 0.0797. The Balaban J connectivity index is 1.23. The van der Waals surface area contributed by atoms with E-state index in [2.05, 4.69) is 24.3 Å². The maximum absolute atomic E-state index is 14.6. The number of fused-ring (bicyclic) bond motifs is 4. The highest BCUT2D eigenvalue weighted by Gasteiger charge is 2.60. The van der Waals surface area contributed by atoms with Crippen LogP contribution in [0, 0.1) is 23.7 Å². The number of anilines is 1. The second-order valence-corrected chi connectivity index (χ2v) is 19.3. The van der Waals surface area contributed by atoms with Crippen molar-refractivity contribution in [3.8, 4) is 11.1 Å². The van der Waals surface area contributed by atoms with Crippen molar-refractivity contribution in [2.45, 2.75) is 135 Å². The minimum atomic E-state index is -1.17. The summed E-state index contributed by atoms with van der Waals surface area (Å²) in [4.78, 5) is 55.9. The highest BCUT2D eigenvalue weighted by molar-refractivity contribution is 5.93. The summed E-state index contributed by atoms with van der Waals surface area (Å²) < 4.78 is 39.8. The van der Waals surface area contributed by atoms with E-state index in [-0.39, 0.29) is 43.8 Å². The lowest BCUT2D eigenvalue weighted by Crippen LogP contribution is -2.60. The predicted molar refractivity (Wildman–Crippen MR) is 244 cm³/mol. The van der Waals surface area contributed by atoms with E-state index >= 15 is 0 Å². The number of nitrogens with one attached hydrogen (secondary N) is 1. The molecule has 2 aromatic carbocycles. The second-order valence-electron chi connectivity index (χ2n) is 19.3. The van der Waals surface area contributed by atoms with Crippen molar-refractivity contribution in [3.63, 3.8) is 0 Å². The molecule has 7 rings (SSSR count). The molecule has 5 aliphatic rings. The van der Waals surface area contributed by atoms with E-state index in [1.807, 2.05) is 108 Å². The highest BCUT2D eigenvalue weighted by Crippen LogP contribution is 2.45. The number of benzene rings is 2. The topological polar surface area (TPSA) is 179 Å². The number of aliphatic hydroxyl groups excluding tert-OH is 1. The number of aliphatic hydroxyl groups is 1. The number of carbonyl (C=O) groups excluding carboxylic acids is 3. The molecule has 0 unspecified atom stereocenters. The van der Waals surface area contributed by atoms with Gasteiger partial charge in [0.05, 0.1) is 55.6 Å². The summed E-state index contributed by atoms with van der Waals surface area (Å²) >= 11 is 0. The first-order valence-corrected chi connectivity index (χ1v) is 23.2. The quantitative estimate of drug-likeness (QED) is 0.224. The number of rotatable bonds is 9. The predicted octanol–water partition coefficient (Wildman–Crippen LogP) is 5.95. The van der Waals surface area contributed by atoms with Crippen LogP contribution in [0.2, 0.25) is 0 Å². The van der Waals surface area contributed by atoms with Crippen LogP contribution >= 0.6 is 0 Å². The fourth-order valence-electron chi connectivity index (χ4n) is 11.0. The van der Waals surface area contributed by atoms with Gasteiger partial charge in [-0.2, -0.15) is 0 Å². The molecular formula is C49H69N5O11. The van der Waals surface area contributed by atoms with Gasteiger partial charge in [0.2, 0.25) is 0 Å². The third-order valence-electron chi connectivity index (χ3n) is 14.2. The number of oxime groups is 1. The Labute approximate surface area is 383 Å². The summed E-state index contributed by atoms with van der Waals surface area (Å²) in [5.41, 5.74) is 1.48. The highest BCUT2D eigenvalue weighted by atomic mass is 16.7. The summed E-state index contributed by atoms with van der Waals surface area (Å²) in [6.45, 7) is 15.7. The Morgan fingerprint density at radius 2 is 1.75 bits per heavy atom. The monoisotopic (exact) mass is 903 g/mol. The normalized spacial score (nSPS) is 37.5. The Morgan fingerprint density at radius 1 is 1.02 bits per heavy atom. The van der Waals surface area contributed by atoms with Gasteiger partial charge in [0.1, 0.15) is 17.9 Å². The molecule has 65 heavy (non-hydrogen) atoms. The van der Waals surface area contributed by atoms with Crippen molar-refractivity contribution >= 4 is 35.1 Å². The summed E-state index contributed by atoms with van der Waals surface area (Å²) in [5.74, 6) is -2.90. The molecule has 0 radical (unpaired) electrons. The van der Waals surface area contributed by atoms with Gasteiger partial charge in [-0.25, -0.2) is 4.79 Å². The minimum Gasteiger partial charge on any atom is -0.458 e. The van der Waals surface area contributed by atoms with Gasteiger partial charge in [0, 0.05) is 35.8 Å². The summed E-state index contributed by atoms with van der Waals surface area (Å²) in [5, 5.41) is 19.1. The smallest absolute Gasteiger partial charge is 0.410 e. The Morgan fingerprint density at radius 3 is 2.48 bits per heavy atom. The molecule has 5 aliphatic heterocycles. The number of carbonyl (C=O) groups is 3. The zero-order valence-corrected chi connectivity index (χ0v) is 39.6. The summed E-state index contributed by atoms with van der Waals surface area (Å²) in [6.07, 6.45) is -3.83. The van der Waals surface area contributed by atoms with E-state index in [0.717, 1.165) is 16.8 Å². The van der Waals surface area contributed by atoms with Crippen LogP contribution in [-0.2, 0) is 42.8 Å². The molecular weight excluding hydrogens is 835 g/mol. The zero-order chi connectivity index (χ0) is 46.8. The van der Waals surface area contributed by atoms with Gasteiger partial charge in [-0.3, -0.25) is 19.5 Å². The third-order valence-corrected chi connectivity index (χ3v) is 14.2. The fourth-order valence-corrected chi connectivity index (χ4v) is 11.0. The molecule has 0 aliphatic carbocycles. The van der Waals surface area contributed by atoms with Crippen molar-refractivity contribution in [1.82, 2.24) is 9.80 Å². The van der Waals surface area contributed by atoms with Crippen LogP contribution in [0.5, 0.6) is 0 Å². The Hall–Kier alpha value is -4.45. The fraction of sp³-hybridized carbons (Fsp3) is 0.653. The molecule has 14 atom stereocenters. The van der Waals surface area contributed by atoms with Crippen LogP contribution in [0.4, 0.5) is 10.5 Å². The molecule has 16 nitrogen and oxygen atoms in total. The molecule has 2 N–H and O–H groups in total. The SMILES string of the molecule is CC[C@H]1OC(=O)[C@@H](C)[C@H]2OCC(=NOCC(=O)Nc3cccc(-c4ccccc4)c3)CO[C@](C)(C[C@@H](C)C3=NCCN4C(=O)O[C@@]1(C)[C@H]4[C@H]3C)[C@H](O[C@H]1O[C@@H](C)C[C@@H](N(C)C)[C@@H]1O)[C@H]2C. The molecule has 2 aromatic rings. The van der Waals surface area contributed by atoms with Crippen molar-refractivity contribution in [3.05, 3.63) is 54.6 Å². The van der Waals surface area contributed by atoms with Crippen molar-refractivity contribution < 1.29 is 52.7 Å². The lowest BCUT2D eigenvalue weighted by Gasteiger charge is -2.48. The maximum Gasteiger partial charge on any atom is 0.410 e. The van der Waals surface area contributed by atoms with Crippen LogP contribution in [0.25, 0.3) is 11.1 Å². The van der Waals surface area contributed by atoms with E-state index in [1.165, 1.54) is 0 Å². The van der Waals surface area contributed by atoms with Crippen molar-refractivity contribution in [2.75, 3.05) is 52.3 Å². The van der Waals surface area contributed by atoms with Gasteiger partial charge < -0.3 is 48.6 Å². The zero-order valence-electron chi connectivity index (χ0n) is 39.6. The molecule has 4 fully saturated rings. The Kier molecular flexibility index (Phi) is 15.1. The summed E-state index contributed by atoms with van der Waals surface area (Å²) in [6, 6.07) is 16.7. The number of likely N-dealkylation sites (N-methyl/N-ethyl adjacent to an activating group) is 1. The average molecular weight is 904 g/mol. The first-order chi connectivity index (χ1) is 30.9. The number of hydrogen-bond donors (Lipinski definition) is 2. The molecule has 0 aromatic heterocycles. The molecule has 16 heteroatoms. The van der Waals surface area contributed by atoms with Crippen LogP contribution in [0.15, 0.2) is 64.7 Å². The molecule has 0 spiro atoms. The van der Waals surface area contributed by atoms with E-state index in [1.54, 1.807) is 11.8 Å². The molecule has 4 saturated heterocycles.